The zero-order valence-corrected chi connectivity index (χ0v) is 30.5. The van der Waals surface area contributed by atoms with E-state index >= 15 is 0 Å². The number of anilines is 3. The first-order valence-corrected chi connectivity index (χ1v) is 17.4. The molecule has 0 spiro atoms. The number of nitro benzene ring substituents is 1. The van der Waals surface area contributed by atoms with Crippen molar-refractivity contribution >= 4 is 59.9 Å². The van der Waals surface area contributed by atoms with E-state index in [0.717, 1.165) is 51.1 Å². The number of methoxy groups -OCH3 is 1. The number of benzene rings is 4. The Morgan fingerprint density at radius 2 is 1.32 bits per heavy atom. The first-order valence-electron chi connectivity index (χ1n) is 15.0. The van der Waals surface area contributed by atoms with E-state index in [1.807, 2.05) is 0 Å². The van der Waals surface area contributed by atoms with Gasteiger partial charge in [0.1, 0.15) is 0 Å². The molecule has 1 saturated heterocycles. The van der Waals surface area contributed by atoms with Gasteiger partial charge in [0.2, 0.25) is 0 Å². The number of aryl methyl sites for hydroxylation is 6. The quantitative estimate of drug-likeness (QED) is 0.0817. The summed E-state index contributed by atoms with van der Waals surface area (Å²) in [6.07, 6.45) is 0. The molecule has 1 amide bonds. The maximum atomic E-state index is 14.3. The topological polar surface area (TPSA) is 79.2 Å². The van der Waals surface area contributed by atoms with Crippen LogP contribution in [-0.2, 0) is 16.2 Å². The molecule has 0 N–H and O–H groups in total. The Kier molecular flexibility index (Phi) is 10.3. The van der Waals surface area contributed by atoms with Gasteiger partial charge < -0.3 is 0 Å². The number of hydrogen-bond donors (Lipinski definition) is 0. The van der Waals surface area contributed by atoms with Crippen LogP contribution in [0, 0.1) is 51.7 Å². The Morgan fingerprint density at radius 1 is 0.830 bits per heavy atom. The number of ether oxygens (including phenoxy) is 1. The summed E-state index contributed by atoms with van der Waals surface area (Å²) in [4.78, 5) is 31.3. The fourth-order valence-electron chi connectivity index (χ4n) is 6.25. The summed E-state index contributed by atoms with van der Waals surface area (Å²) < 4.78 is 6.72. The third-order valence-electron chi connectivity index (χ3n) is 8.03. The van der Waals surface area contributed by atoms with Crippen LogP contribution >= 0.6 is 23.2 Å². The number of non-ortho nitro benzene ring substituents is 1. The van der Waals surface area contributed by atoms with Gasteiger partial charge in [-0.15, -0.1) is 0 Å². The summed E-state index contributed by atoms with van der Waals surface area (Å²) >= 11 is 12.9. The second-order valence-electron chi connectivity index (χ2n) is 11.6. The van der Waals surface area contributed by atoms with Gasteiger partial charge in [0, 0.05) is 0 Å². The van der Waals surface area contributed by atoms with Crippen molar-refractivity contribution in [3.63, 3.8) is 0 Å². The standard InChI is InChI=1S/C21H26N2.C15H10Cl2N2O4.Ru/c1-14-9-16(3)20(17(4)10-14)22-7-8-23(13-22)21-18(5)11-15(2)12-19(21)6;1-23-12-5-2-10(3-6-12)18(9-16)15(20)13-7-4-11(19(21)22)8-14(13)17;/h9-12H,7-8H2,1-6H3;2-8H,1H3;. The molecule has 1 aliphatic rings. The molecule has 0 unspecified atom stereocenters. The normalized spacial score (nSPS) is 12.8. The molecule has 0 aliphatic carbocycles. The van der Waals surface area contributed by atoms with Crippen LogP contribution in [0.4, 0.5) is 22.7 Å². The Labute approximate surface area is 292 Å². The molecule has 0 bridgehead atoms. The van der Waals surface area contributed by atoms with Gasteiger partial charge in [0.15, 0.2) is 0 Å². The molecule has 0 atom stereocenters. The van der Waals surface area contributed by atoms with Crippen molar-refractivity contribution in [1.29, 1.82) is 0 Å². The number of nitro groups is 1. The Hall–Kier alpha value is -3.91. The zero-order valence-electron chi connectivity index (χ0n) is 27.3. The van der Waals surface area contributed by atoms with Gasteiger partial charge in [0.25, 0.3) is 0 Å². The van der Waals surface area contributed by atoms with Crippen LogP contribution in [0.3, 0.4) is 0 Å². The molecule has 8 nitrogen and oxygen atoms in total. The van der Waals surface area contributed by atoms with Crippen LogP contribution in [0.1, 0.15) is 43.7 Å². The fraction of sp³-hybridized carbons (Fsp3) is 0.250. The number of carbonyl (C=O) groups is 1. The van der Waals surface area contributed by atoms with Crippen LogP contribution < -0.4 is 19.4 Å². The molecular formula is C36H36Cl2N4O4Ru. The third kappa shape index (κ3) is 7.03. The van der Waals surface area contributed by atoms with Crippen LogP contribution in [-0.4, -0.2) is 39.1 Å². The zero-order chi connectivity index (χ0) is 34.2. The average Bonchev–Trinajstić information content (AvgIpc) is 3.38. The molecule has 1 fully saturated rings. The van der Waals surface area contributed by atoms with Gasteiger partial charge in [0.05, 0.1) is 0 Å². The Morgan fingerprint density at radius 3 is 1.74 bits per heavy atom. The molecule has 4 aromatic rings. The van der Waals surface area contributed by atoms with E-state index in [4.69, 9.17) is 27.9 Å². The summed E-state index contributed by atoms with van der Waals surface area (Å²) in [6, 6.07) is 19.6. The van der Waals surface area contributed by atoms with Crippen LogP contribution in [0.5, 0.6) is 5.75 Å². The minimum atomic E-state index is -0.941. The van der Waals surface area contributed by atoms with Crippen LogP contribution in [0.25, 0.3) is 0 Å². The third-order valence-corrected chi connectivity index (χ3v) is 11.0. The summed E-state index contributed by atoms with van der Waals surface area (Å²) in [7, 11) is 1.57. The van der Waals surface area contributed by atoms with E-state index in [-0.39, 0.29) is 16.3 Å². The van der Waals surface area contributed by atoms with Gasteiger partial charge in [-0.2, -0.15) is 0 Å². The summed E-state index contributed by atoms with van der Waals surface area (Å²) in [5, 5.41) is 11.4. The second kappa shape index (κ2) is 14.1. The first kappa shape index (κ1) is 34.4. The molecular weight excluding hydrogens is 724 g/mol. The van der Waals surface area contributed by atoms with Gasteiger partial charge in [-0.05, 0) is 0 Å². The van der Waals surface area contributed by atoms with Gasteiger partial charge >= 0.3 is 294 Å². The van der Waals surface area contributed by atoms with Crippen molar-refractivity contribution in [1.82, 2.24) is 0 Å². The number of hydrogen-bond acceptors (Lipinski definition) is 6. The fourth-order valence-corrected chi connectivity index (χ4v) is 9.20. The summed E-state index contributed by atoms with van der Waals surface area (Å²) in [5.74, 6) is 0.133. The van der Waals surface area contributed by atoms with Crippen molar-refractivity contribution in [2.45, 2.75) is 41.5 Å². The van der Waals surface area contributed by atoms with Crippen LogP contribution in [0.2, 0.25) is 5.02 Å². The van der Waals surface area contributed by atoms with Crippen molar-refractivity contribution in [2.75, 3.05) is 34.9 Å². The average molecular weight is 761 g/mol. The Balaban J connectivity index is 1.77. The van der Waals surface area contributed by atoms with E-state index < -0.39 is 27.1 Å². The molecule has 5 rings (SSSR count). The minimum absolute atomic E-state index is 0.0310. The second-order valence-corrected chi connectivity index (χ2v) is 14.9. The van der Waals surface area contributed by atoms with E-state index in [0.29, 0.717) is 15.1 Å². The monoisotopic (exact) mass is 760 g/mol. The van der Waals surface area contributed by atoms with Crippen molar-refractivity contribution in [3.05, 3.63) is 121 Å². The molecule has 11 heteroatoms. The number of rotatable bonds is 7. The molecule has 1 heterocycles. The summed E-state index contributed by atoms with van der Waals surface area (Å²) in [6.45, 7) is 14.2. The molecule has 246 valence electrons. The van der Waals surface area contributed by atoms with Gasteiger partial charge in [-0.3, -0.25) is 0 Å². The predicted octanol–water partition coefficient (Wildman–Crippen LogP) is 8.28. The van der Waals surface area contributed by atoms with E-state index in [1.54, 1.807) is 31.4 Å². The van der Waals surface area contributed by atoms with Crippen molar-refractivity contribution in [3.8, 4) is 5.75 Å². The van der Waals surface area contributed by atoms with Crippen molar-refractivity contribution in [2.24, 2.45) is 0 Å². The summed E-state index contributed by atoms with van der Waals surface area (Å²) in [5.41, 5.74) is 9.73. The maximum absolute atomic E-state index is 14.3. The van der Waals surface area contributed by atoms with Gasteiger partial charge in [-0.1, -0.05) is 0 Å². The number of carbonyl (C=O) groups excluding carboxylic acids is 1. The molecule has 0 saturated carbocycles. The number of amides is 1. The molecule has 1 aliphatic heterocycles. The molecule has 0 radical (unpaired) electrons. The Bertz CT molecular complexity index is 1860. The number of nitrogens with zero attached hydrogens (tertiary/aromatic N) is 4. The SMILES string of the molecule is COc1ccc(N(C(=O)c2ccc([N+](=O)[O-])cc2Cl)[C](Cl)=[Ru]=[C]2N(c3c(C)cc(C)cc3C)CCN2c2c(C)cc(C)cc2C)cc1. The first-order chi connectivity index (χ1) is 22.3. The molecule has 0 aromatic heterocycles. The molecule has 4 aromatic carbocycles. The molecule has 47 heavy (non-hydrogen) atoms. The van der Waals surface area contributed by atoms with Crippen molar-refractivity contribution < 1.29 is 30.7 Å². The van der Waals surface area contributed by atoms with E-state index in [1.165, 1.54) is 34.2 Å². The van der Waals surface area contributed by atoms with E-state index in [2.05, 4.69) is 75.6 Å². The predicted molar refractivity (Wildman–Crippen MR) is 190 cm³/mol. The van der Waals surface area contributed by atoms with E-state index in [9.17, 15) is 14.9 Å². The number of halogens is 2. The van der Waals surface area contributed by atoms with Gasteiger partial charge in [-0.25, -0.2) is 0 Å². The van der Waals surface area contributed by atoms with Crippen LogP contribution in [0.15, 0.2) is 66.7 Å².